The normalized spacial score (nSPS) is 12.4. The minimum Gasteiger partial charge on any atom is -0.363 e. The predicted molar refractivity (Wildman–Crippen MR) is 126 cm³/mol. The highest BCUT2D eigenvalue weighted by atomic mass is 28.3. The Kier molecular flexibility index (Phi) is 5.08. The molecule has 0 bridgehead atoms. The van der Waals surface area contributed by atoms with Gasteiger partial charge in [-0.05, 0) is 41.5 Å². The fraction of sp³-hybridized carbons (Fsp3) is 0.200. The van der Waals surface area contributed by atoms with Gasteiger partial charge in [0, 0.05) is 10.9 Å². The number of fused-ring (bicyclic) bond motifs is 2. The van der Waals surface area contributed by atoms with Crippen LogP contribution < -0.4 is 5.32 Å². The van der Waals surface area contributed by atoms with Crippen molar-refractivity contribution in [3.05, 3.63) is 78.1 Å². The average molecular weight is 396 g/mol. The Labute approximate surface area is 173 Å². The van der Waals surface area contributed by atoms with Crippen LogP contribution in [0.3, 0.4) is 0 Å². The van der Waals surface area contributed by atoms with Gasteiger partial charge >= 0.3 is 0 Å². The van der Waals surface area contributed by atoms with Gasteiger partial charge in [0.05, 0.1) is 11.6 Å². The second kappa shape index (κ2) is 7.69. The van der Waals surface area contributed by atoms with Crippen molar-refractivity contribution in [1.82, 2.24) is 9.97 Å². The Morgan fingerprint density at radius 3 is 2.52 bits per heavy atom. The van der Waals surface area contributed by atoms with Gasteiger partial charge in [0.15, 0.2) is 0 Å². The molecule has 1 unspecified atom stereocenters. The molecule has 0 radical (unpaired) electrons. The molecular formula is C25H25N3Si. The maximum absolute atomic E-state index is 4.54. The van der Waals surface area contributed by atoms with Crippen molar-refractivity contribution in [2.75, 3.05) is 5.32 Å². The van der Waals surface area contributed by atoms with Crippen LogP contribution in [-0.2, 0) is 0 Å². The first-order chi connectivity index (χ1) is 13.9. The van der Waals surface area contributed by atoms with Crippen LogP contribution in [0.2, 0.25) is 19.6 Å². The summed E-state index contributed by atoms with van der Waals surface area (Å²) in [5.41, 5.74) is 6.62. The van der Waals surface area contributed by atoms with E-state index in [9.17, 15) is 0 Å². The van der Waals surface area contributed by atoms with E-state index in [2.05, 4.69) is 102 Å². The molecule has 0 fully saturated rings. The smallest absolute Gasteiger partial charge is 0.137 e. The maximum Gasteiger partial charge on any atom is 0.137 e. The molecule has 0 amide bonds. The van der Waals surface area contributed by atoms with E-state index in [1.165, 1.54) is 16.3 Å². The van der Waals surface area contributed by atoms with Crippen molar-refractivity contribution in [3.8, 4) is 11.5 Å². The molecule has 1 aromatic heterocycles. The predicted octanol–water partition coefficient (Wildman–Crippen LogP) is 6.19. The summed E-state index contributed by atoms with van der Waals surface area (Å²) in [5.74, 6) is 4.18. The fourth-order valence-electron chi connectivity index (χ4n) is 3.42. The van der Waals surface area contributed by atoms with Gasteiger partial charge in [0.1, 0.15) is 20.2 Å². The second-order valence-electron chi connectivity index (χ2n) is 8.39. The Morgan fingerprint density at radius 1 is 0.897 bits per heavy atom. The maximum atomic E-state index is 4.54. The van der Waals surface area contributed by atoms with Crippen LogP contribution in [0.5, 0.6) is 0 Å². The molecule has 1 N–H and O–H groups in total. The van der Waals surface area contributed by atoms with Gasteiger partial charge in [-0.15, -0.1) is 5.54 Å². The van der Waals surface area contributed by atoms with E-state index in [0.717, 1.165) is 22.3 Å². The number of nitrogens with one attached hydrogen (secondary N) is 1. The lowest BCUT2D eigenvalue weighted by Crippen LogP contribution is -2.16. The molecule has 0 aliphatic rings. The van der Waals surface area contributed by atoms with Crippen LogP contribution in [0.15, 0.2) is 67.0 Å². The molecule has 1 atom stereocenters. The first-order valence-electron chi connectivity index (χ1n) is 9.93. The monoisotopic (exact) mass is 395 g/mol. The fourth-order valence-corrected chi connectivity index (χ4v) is 3.94. The van der Waals surface area contributed by atoms with Crippen LogP contribution in [0.4, 0.5) is 5.82 Å². The summed E-state index contributed by atoms with van der Waals surface area (Å²) < 4.78 is 0. The Morgan fingerprint density at radius 2 is 1.69 bits per heavy atom. The summed E-state index contributed by atoms with van der Waals surface area (Å²) in [6, 6.07) is 21.2. The van der Waals surface area contributed by atoms with Gasteiger partial charge in [-0.1, -0.05) is 68.0 Å². The highest BCUT2D eigenvalue weighted by Gasteiger charge is 2.12. The van der Waals surface area contributed by atoms with Crippen molar-refractivity contribution in [2.24, 2.45) is 0 Å². The van der Waals surface area contributed by atoms with Crippen LogP contribution in [0, 0.1) is 11.5 Å². The SMILES string of the molecule is CC(Nc1ncnc2ccc(C#C[Si](C)(C)C)cc12)c1cccc2ccccc12. The summed E-state index contributed by atoms with van der Waals surface area (Å²) in [6.45, 7) is 8.93. The molecule has 3 nitrogen and oxygen atoms in total. The highest BCUT2D eigenvalue weighted by Crippen LogP contribution is 2.29. The average Bonchev–Trinajstić information content (AvgIpc) is 2.71. The first kappa shape index (κ1) is 19.2. The molecule has 3 aromatic carbocycles. The summed E-state index contributed by atoms with van der Waals surface area (Å²) in [5, 5.41) is 7.11. The molecule has 0 spiro atoms. The molecule has 0 aliphatic heterocycles. The molecule has 0 saturated carbocycles. The third-order valence-corrected chi connectivity index (χ3v) is 5.74. The van der Waals surface area contributed by atoms with Gasteiger partial charge in [0.2, 0.25) is 0 Å². The van der Waals surface area contributed by atoms with E-state index in [4.69, 9.17) is 0 Å². The third-order valence-electron chi connectivity index (χ3n) is 4.86. The van der Waals surface area contributed by atoms with Crippen LogP contribution >= 0.6 is 0 Å². The second-order valence-corrected chi connectivity index (χ2v) is 13.1. The summed E-state index contributed by atoms with van der Waals surface area (Å²) in [7, 11) is -1.43. The lowest BCUT2D eigenvalue weighted by atomic mass is 9.99. The summed E-state index contributed by atoms with van der Waals surface area (Å²) in [4.78, 5) is 8.97. The Hall–Kier alpha value is -3.16. The number of benzene rings is 3. The Balaban J connectivity index is 1.72. The number of aromatic nitrogens is 2. The van der Waals surface area contributed by atoms with Crippen molar-refractivity contribution >= 4 is 35.6 Å². The topological polar surface area (TPSA) is 37.8 Å². The zero-order chi connectivity index (χ0) is 20.4. The molecule has 144 valence electrons. The molecule has 29 heavy (non-hydrogen) atoms. The van der Waals surface area contributed by atoms with E-state index in [1.807, 2.05) is 12.1 Å². The highest BCUT2D eigenvalue weighted by molar-refractivity contribution is 6.83. The van der Waals surface area contributed by atoms with Gasteiger partial charge < -0.3 is 5.32 Å². The van der Waals surface area contributed by atoms with E-state index in [1.54, 1.807) is 6.33 Å². The van der Waals surface area contributed by atoms with E-state index in [0.29, 0.717) is 0 Å². The van der Waals surface area contributed by atoms with Gasteiger partial charge in [0.25, 0.3) is 0 Å². The minimum atomic E-state index is -1.43. The lowest BCUT2D eigenvalue weighted by Gasteiger charge is -2.18. The Bertz CT molecular complexity index is 1240. The summed E-state index contributed by atoms with van der Waals surface area (Å²) >= 11 is 0. The quantitative estimate of drug-likeness (QED) is 0.332. The number of nitrogens with zero attached hydrogens (tertiary/aromatic N) is 2. The van der Waals surface area contributed by atoms with Crippen molar-refractivity contribution in [2.45, 2.75) is 32.6 Å². The first-order valence-corrected chi connectivity index (χ1v) is 13.4. The molecule has 1 heterocycles. The molecule has 4 heteroatoms. The van der Waals surface area contributed by atoms with Crippen LogP contribution in [0.1, 0.15) is 24.1 Å². The van der Waals surface area contributed by atoms with E-state index >= 15 is 0 Å². The van der Waals surface area contributed by atoms with Crippen molar-refractivity contribution in [1.29, 1.82) is 0 Å². The number of anilines is 1. The number of hydrogen-bond donors (Lipinski definition) is 1. The standard InChI is InChI=1S/C25H25N3Si/c1-18(21-11-7-9-20-8-5-6-10-22(20)21)28-25-23-16-19(14-15-29(2,3)4)12-13-24(23)26-17-27-25/h5-13,16-18H,1-4H3,(H,26,27,28). The van der Waals surface area contributed by atoms with Crippen LogP contribution in [0.25, 0.3) is 21.7 Å². The largest absolute Gasteiger partial charge is 0.363 e. The molecule has 0 saturated heterocycles. The lowest BCUT2D eigenvalue weighted by molar-refractivity contribution is 0.885. The van der Waals surface area contributed by atoms with E-state index < -0.39 is 8.07 Å². The number of rotatable bonds is 3. The number of hydrogen-bond acceptors (Lipinski definition) is 3. The zero-order valence-electron chi connectivity index (χ0n) is 17.3. The van der Waals surface area contributed by atoms with Gasteiger partial charge in [-0.3, -0.25) is 0 Å². The molecular weight excluding hydrogens is 370 g/mol. The van der Waals surface area contributed by atoms with E-state index in [-0.39, 0.29) is 6.04 Å². The van der Waals surface area contributed by atoms with Crippen molar-refractivity contribution in [3.63, 3.8) is 0 Å². The molecule has 4 aromatic rings. The minimum absolute atomic E-state index is 0.107. The van der Waals surface area contributed by atoms with Crippen molar-refractivity contribution < 1.29 is 0 Å². The third kappa shape index (κ3) is 4.31. The zero-order valence-corrected chi connectivity index (χ0v) is 18.3. The molecule has 0 aliphatic carbocycles. The van der Waals surface area contributed by atoms with Gasteiger partial charge in [-0.25, -0.2) is 9.97 Å². The molecule has 4 rings (SSSR count). The summed E-state index contributed by atoms with van der Waals surface area (Å²) in [6.07, 6.45) is 1.62. The van der Waals surface area contributed by atoms with Gasteiger partial charge in [-0.2, -0.15) is 0 Å². The van der Waals surface area contributed by atoms with Crippen LogP contribution in [-0.4, -0.2) is 18.0 Å².